The lowest BCUT2D eigenvalue weighted by Crippen LogP contribution is -2.04. The van der Waals surface area contributed by atoms with Crippen molar-refractivity contribution in [2.75, 3.05) is 0 Å². The molecule has 0 unspecified atom stereocenters. The van der Waals surface area contributed by atoms with Gasteiger partial charge in [0.2, 0.25) is 0 Å². The van der Waals surface area contributed by atoms with Crippen LogP contribution in [0.15, 0.2) is 60.1 Å². The summed E-state index contributed by atoms with van der Waals surface area (Å²) in [5.41, 5.74) is 6.38. The van der Waals surface area contributed by atoms with Crippen molar-refractivity contribution in [1.29, 1.82) is 0 Å². The van der Waals surface area contributed by atoms with Gasteiger partial charge in [0, 0.05) is 23.1 Å². The summed E-state index contributed by atoms with van der Waals surface area (Å²) in [5, 5.41) is 12.7. The summed E-state index contributed by atoms with van der Waals surface area (Å²) in [6.45, 7) is 4.16. The number of pyridine rings is 1. The summed E-state index contributed by atoms with van der Waals surface area (Å²) in [6, 6.07) is 16.5. The van der Waals surface area contributed by atoms with Gasteiger partial charge in [0.25, 0.3) is 0 Å². The highest BCUT2D eigenvalue weighted by Crippen LogP contribution is 2.30. The summed E-state index contributed by atoms with van der Waals surface area (Å²) in [7, 11) is 0. The van der Waals surface area contributed by atoms with E-state index in [2.05, 4.69) is 54.8 Å². The molecule has 3 nitrogen and oxygen atoms in total. The molecule has 126 valence electrons. The van der Waals surface area contributed by atoms with Crippen LogP contribution in [0.1, 0.15) is 27.8 Å². The standard InChI is InChI=1S/C21H20N2OS/c1-14-5-8-16(9-6-14)21-17(12-18(24)19-4-3-11-25-19)23-13-15(2)7-10-20(23)22-21/h3-11,13,18,24H,12H2,1-2H3/t18-/m1/s1. The predicted octanol–water partition coefficient (Wildman–Crippen LogP) is 4.96. The average molecular weight is 348 g/mol. The van der Waals surface area contributed by atoms with E-state index in [-0.39, 0.29) is 0 Å². The second-order valence-electron chi connectivity index (χ2n) is 6.44. The van der Waals surface area contributed by atoms with E-state index in [0.29, 0.717) is 6.42 Å². The molecule has 25 heavy (non-hydrogen) atoms. The van der Waals surface area contributed by atoms with Crippen molar-refractivity contribution in [2.45, 2.75) is 26.4 Å². The van der Waals surface area contributed by atoms with Crippen LogP contribution in [0.25, 0.3) is 16.9 Å². The third-order valence-corrected chi connectivity index (χ3v) is 5.42. The molecule has 1 aromatic carbocycles. The molecule has 4 rings (SSSR count). The molecule has 0 amide bonds. The lowest BCUT2D eigenvalue weighted by Gasteiger charge is -2.11. The van der Waals surface area contributed by atoms with E-state index in [9.17, 15) is 5.11 Å². The van der Waals surface area contributed by atoms with E-state index in [4.69, 9.17) is 4.98 Å². The molecule has 0 spiro atoms. The maximum atomic E-state index is 10.7. The van der Waals surface area contributed by atoms with Gasteiger partial charge >= 0.3 is 0 Å². The van der Waals surface area contributed by atoms with Crippen molar-refractivity contribution in [2.24, 2.45) is 0 Å². The van der Waals surface area contributed by atoms with E-state index >= 15 is 0 Å². The minimum atomic E-state index is -0.524. The van der Waals surface area contributed by atoms with E-state index < -0.39 is 6.10 Å². The van der Waals surface area contributed by atoms with Crippen molar-refractivity contribution in [3.8, 4) is 11.3 Å². The summed E-state index contributed by atoms with van der Waals surface area (Å²) in [6.07, 6.45) is 2.11. The number of aliphatic hydroxyl groups is 1. The van der Waals surface area contributed by atoms with Gasteiger partial charge in [-0.3, -0.25) is 0 Å². The zero-order valence-electron chi connectivity index (χ0n) is 14.3. The number of imidazole rings is 1. The zero-order valence-corrected chi connectivity index (χ0v) is 15.1. The maximum absolute atomic E-state index is 10.7. The van der Waals surface area contributed by atoms with Crippen molar-refractivity contribution in [1.82, 2.24) is 9.38 Å². The van der Waals surface area contributed by atoms with Gasteiger partial charge in [-0.1, -0.05) is 42.0 Å². The number of hydrogen-bond acceptors (Lipinski definition) is 3. The molecule has 0 fully saturated rings. The van der Waals surface area contributed by atoms with Gasteiger partial charge in [0.15, 0.2) is 0 Å². The van der Waals surface area contributed by atoms with Gasteiger partial charge < -0.3 is 9.51 Å². The fourth-order valence-corrected chi connectivity index (χ4v) is 3.81. The van der Waals surface area contributed by atoms with Crippen LogP contribution in [0, 0.1) is 13.8 Å². The minimum absolute atomic E-state index is 0.524. The maximum Gasteiger partial charge on any atom is 0.137 e. The third-order valence-electron chi connectivity index (χ3n) is 4.45. The number of aryl methyl sites for hydroxylation is 2. The van der Waals surface area contributed by atoms with Gasteiger partial charge in [-0.2, -0.15) is 0 Å². The number of benzene rings is 1. The van der Waals surface area contributed by atoms with Crippen molar-refractivity contribution in [3.63, 3.8) is 0 Å². The highest BCUT2D eigenvalue weighted by atomic mass is 32.1. The van der Waals surface area contributed by atoms with Gasteiger partial charge in [-0.05, 0) is 36.9 Å². The number of nitrogens with zero attached hydrogens (tertiary/aromatic N) is 2. The van der Waals surface area contributed by atoms with Gasteiger partial charge in [0.1, 0.15) is 5.65 Å². The minimum Gasteiger partial charge on any atom is -0.387 e. The van der Waals surface area contributed by atoms with Crippen LogP contribution in [-0.4, -0.2) is 14.5 Å². The molecule has 1 atom stereocenters. The molecule has 0 aliphatic carbocycles. The van der Waals surface area contributed by atoms with E-state index in [1.54, 1.807) is 11.3 Å². The highest BCUT2D eigenvalue weighted by molar-refractivity contribution is 7.10. The number of aliphatic hydroxyl groups excluding tert-OH is 1. The highest BCUT2D eigenvalue weighted by Gasteiger charge is 2.19. The first-order valence-corrected chi connectivity index (χ1v) is 9.26. The molecular weight excluding hydrogens is 328 g/mol. The summed E-state index contributed by atoms with van der Waals surface area (Å²) < 4.78 is 2.11. The lowest BCUT2D eigenvalue weighted by molar-refractivity contribution is 0.181. The summed E-state index contributed by atoms with van der Waals surface area (Å²) >= 11 is 1.59. The molecule has 0 bridgehead atoms. The zero-order chi connectivity index (χ0) is 17.4. The molecule has 0 aliphatic heterocycles. The molecular formula is C21H20N2OS. The number of thiophene rings is 1. The number of fused-ring (bicyclic) bond motifs is 1. The number of aromatic nitrogens is 2. The van der Waals surface area contributed by atoms with Crippen LogP contribution in [0.5, 0.6) is 0 Å². The fourth-order valence-electron chi connectivity index (χ4n) is 3.10. The van der Waals surface area contributed by atoms with Crippen LogP contribution in [0.4, 0.5) is 0 Å². The normalized spacial score (nSPS) is 12.6. The predicted molar refractivity (Wildman–Crippen MR) is 103 cm³/mol. The van der Waals surface area contributed by atoms with Crippen LogP contribution < -0.4 is 0 Å². The largest absolute Gasteiger partial charge is 0.387 e. The molecule has 0 saturated carbocycles. The second kappa shape index (κ2) is 6.47. The average Bonchev–Trinajstić information content (AvgIpc) is 3.24. The first kappa shape index (κ1) is 16.1. The third kappa shape index (κ3) is 3.11. The molecule has 3 aromatic heterocycles. The van der Waals surface area contributed by atoms with Crippen molar-refractivity contribution < 1.29 is 5.11 Å². The van der Waals surface area contributed by atoms with Crippen molar-refractivity contribution >= 4 is 17.0 Å². The molecule has 4 aromatic rings. The van der Waals surface area contributed by atoms with Crippen molar-refractivity contribution in [3.05, 3.63) is 81.8 Å². The van der Waals surface area contributed by atoms with E-state index in [1.807, 2.05) is 23.6 Å². The Morgan fingerprint density at radius 2 is 1.80 bits per heavy atom. The topological polar surface area (TPSA) is 37.5 Å². The summed E-state index contributed by atoms with van der Waals surface area (Å²) in [4.78, 5) is 5.83. The monoisotopic (exact) mass is 348 g/mol. The SMILES string of the molecule is Cc1ccc(-c2nc3ccc(C)cn3c2C[C@@H](O)c2cccs2)cc1. The Morgan fingerprint density at radius 3 is 2.52 bits per heavy atom. The molecule has 4 heteroatoms. The fraction of sp³-hybridized carbons (Fsp3) is 0.190. The number of hydrogen-bond donors (Lipinski definition) is 1. The Morgan fingerprint density at radius 1 is 1.04 bits per heavy atom. The Balaban J connectivity index is 1.85. The lowest BCUT2D eigenvalue weighted by atomic mass is 10.0. The first-order chi connectivity index (χ1) is 12.1. The molecule has 0 radical (unpaired) electrons. The summed E-state index contributed by atoms with van der Waals surface area (Å²) in [5.74, 6) is 0. The molecule has 0 saturated heterocycles. The molecule has 1 N–H and O–H groups in total. The van der Waals surface area contributed by atoms with Gasteiger partial charge in [-0.25, -0.2) is 4.98 Å². The van der Waals surface area contributed by atoms with Crippen LogP contribution >= 0.6 is 11.3 Å². The van der Waals surface area contributed by atoms with Crippen LogP contribution in [0.2, 0.25) is 0 Å². The quantitative estimate of drug-likeness (QED) is 0.566. The first-order valence-electron chi connectivity index (χ1n) is 8.38. The van der Waals surface area contributed by atoms with Gasteiger partial charge in [-0.15, -0.1) is 11.3 Å². The Kier molecular flexibility index (Phi) is 4.15. The van der Waals surface area contributed by atoms with E-state index in [1.165, 1.54) is 11.1 Å². The Labute approximate surface area is 151 Å². The van der Waals surface area contributed by atoms with Crippen LogP contribution in [-0.2, 0) is 6.42 Å². The number of rotatable bonds is 4. The Bertz CT molecular complexity index is 1000. The van der Waals surface area contributed by atoms with E-state index in [0.717, 1.165) is 27.5 Å². The second-order valence-corrected chi connectivity index (χ2v) is 7.42. The van der Waals surface area contributed by atoms with Gasteiger partial charge in [0.05, 0.1) is 17.5 Å². The molecule has 0 aliphatic rings. The smallest absolute Gasteiger partial charge is 0.137 e. The molecule has 3 heterocycles. The Hall–Kier alpha value is -2.43. The van der Waals surface area contributed by atoms with Crippen LogP contribution in [0.3, 0.4) is 0 Å².